The molecule has 2 nitrogen and oxygen atoms in total. The van der Waals surface area contributed by atoms with Gasteiger partial charge in [0.2, 0.25) is 0 Å². The van der Waals surface area contributed by atoms with Gasteiger partial charge < -0.3 is 11.1 Å². The maximum atomic E-state index is 5.79. The van der Waals surface area contributed by atoms with Gasteiger partial charge in [-0.15, -0.1) is 11.3 Å². The summed E-state index contributed by atoms with van der Waals surface area (Å²) in [6.45, 7) is 6.58. The first-order chi connectivity index (χ1) is 7.20. The number of nitrogens with one attached hydrogen (secondary N) is 1. The van der Waals surface area contributed by atoms with Crippen LogP contribution in [-0.4, -0.2) is 6.54 Å². The molecule has 86 valence electrons. The molecule has 0 aromatic carbocycles. The predicted octanol–water partition coefficient (Wildman–Crippen LogP) is 3.25. The quantitative estimate of drug-likeness (QED) is 0.700. The van der Waals surface area contributed by atoms with Gasteiger partial charge in [-0.05, 0) is 30.3 Å². The third kappa shape index (κ3) is 5.19. The highest BCUT2D eigenvalue weighted by atomic mass is 32.1. The highest BCUT2D eigenvalue weighted by Gasteiger charge is 1.99. The molecule has 1 heterocycles. The molecule has 1 aromatic heterocycles. The SMILES string of the molecule is CC(C)CCCCNCc1sccc1N. The molecule has 0 fully saturated rings. The Hall–Kier alpha value is -0.540. The molecule has 0 saturated heterocycles. The fourth-order valence-electron chi connectivity index (χ4n) is 1.50. The van der Waals surface area contributed by atoms with Gasteiger partial charge in [-0.1, -0.05) is 26.7 Å². The Labute approximate surface area is 96.9 Å². The van der Waals surface area contributed by atoms with Gasteiger partial charge in [-0.3, -0.25) is 0 Å². The lowest BCUT2D eigenvalue weighted by atomic mass is 10.1. The Morgan fingerprint density at radius 3 is 2.80 bits per heavy atom. The van der Waals surface area contributed by atoms with Crippen molar-refractivity contribution in [1.82, 2.24) is 5.32 Å². The number of unbranched alkanes of at least 4 members (excludes halogenated alkanes) is 1. The van der Waals surface area contributed by atoms with E-state index in [4.69, 9.17) is 5.73 Å². The van der Waals surface area contributed by atoms with E-state index in [0.717, 1.165) is 24.7 Å². The fraction of sp³-hybridized carbons (Fsp3) is 0.667. The van der Waals surface area contributed by atoms with Crippen LogP contribution in [0, 0.1) is 5.92 Å². The molecule has 0 bridgehead atoms. The zero-order chi connectivity index (χ0) is 11.1. The molecular weight excluding hydrogens is 204 g/mol. The van der Waals surface area contributed by atoms with Crippen molar-refractivity contribution < 1.29 is 0 Å². The molecule has 0 radical (unpaired) electrons. The Kier molecular flexibility index (Phi) is 5.73. The van der Waals surface area contributed by atoms with Gasteiger partial charge in [0.15, 0.2) is 0 Å². The van der Waals surface area contributed by atoms with E-state index in [9.17, 15) is 0 Å². The normalized spacial score (nSPS) is 11.1. The van der Waals surface area contributed by atoms with E-state index >= 15 is 0 Å². The standard InChI is InChI=1S/C12H22N2S/c1-10(2)5-3-4-7-14-9-12-11(13)6-8-15-12/h6,8,10,14H,3-5,7,9,13H2,1-2H3. The summed E-state index contributed by atoms with van der Waals surface area (Å²) in [5, 5.41) is 5.48. The summed E-state index contributed by atoms with van der Waals surface area (Å²) in [5.74, 6) is 0.831. The van der Waals surface area contributed by atoms with E-state index in [1.807, 2.05) is 11.4 Å². The second kappa shape index (κ2) is 6.85. The second-order valence-corrected chi connectivity index (χ2v) is 5.37. The Bertz CT molecular complexity index is 268. The van der Waals surface area contributed by atoms with Crippen LogP contribution in [0.1, 0.15) is 38.0 Å². The summed E-state index contributed by atoms with van der Waals surface area (Å²) in [4.78, 5) is 1.26. The summed E-state index contributed by atoms with van der Waals surface area (Å²) in [5.41, 5.74) is 6.72. The van der Waals surface area contributed by atoms with Crippen molar-refractivity contribution in [1.29, 1.82) is 0 Å². The monoisotopic (exact) mass is 226 g/mol. The average Bonchev–Trinajstić information content (AvgIpc) is 2.57. The molecule has 0 aliphatic rings. The largest absolute Gasteiger partial charge is 0.398 e. The molecule has 0 aliphatic heterocycles. The van der Waals surface area contributed by atoms with Crippen LogP contribution in [0.3, 0.4) is 0 Å². The molecule has 15 heavy (non-hydrogen) atoms. The van der Waals surface area contributed by atoms with Gasteiger partial charge in [-0.2, -0.15) is 0 Å². The van der Waals surface area contributed by atoms with Crippen LogP contribution < -0.4 is 11.1 Å². The van der Waals surface area contributed by atoms with Gasteiger partial charge in [0.1, 0.15) is 0 Å². The third-order valence-corrected chi connectivity index (χ3v) is 3.39. The van der Waals surface area contributed by atoms with Crippen molar-refractivity contribution in [3.63, 3.8) is 0 Å². The molecule has 0 aliphatic carbocycles. The van der Waals surface area contributed by atoms with Crippen molar-refractivity contribution in [2.75, 3.05) is 12.3 Å². The van der Waals surface area contributed by atoms with Crippen molar-refractivity contribution >= 4 is 17.0 Å². The molecule has 3 heteroatoms. The van der Waals surface area contributed by atoms with Gasteiger partial charge in [-0.25, -0.2) is 0 Å². The highest BCUT2D eigenvalue weighted by molar-refractivity contribution is 7.10. The lowest BCUT2D eigenvalue weighted by Gasteiger charge is -2.05. The average molecular weight is 226 g/mol. The van der Waals surface area contributed by atoms with Crippen LogP contribution in [0.5, 0.6) is 0 Å². The van der Waals surface area contributed by atoms with E-state index in [2.05, 4.69) is 19.2 Å². The lowest BCUT2D eigenvalue weighted by molar-refractivity contribution is 0.521. The molecule has 0 amide bonds. The summed E-state index contributed by atoms with van der Waals surface area (Å²) in [6, 6.07) is 1.97. The van der Waals surface area contributed by atoms with Crippen molar-refractivity contribution in [2.24, 2.45) is 5.92 Å². The van der Waals surface area contributed by atoms with E-state index in [-0.39, 0.29) is 0 Å². The Morgan fingerprint density at radius 2 is 2.20 bits per heavy atom. The topological polar surface area (TPSA) is 38.0 Å². The number of rotatable bonds is 7. The number of nitrogens with two attached hydrogens (primary N) is 1. The van der Waals surface area contributed by atoms with Crippen LogP contribution in [0.25, 0.3) is 0 Å². The highest BCUT2D eigenvalue weighted by Crippen LogP contribution is 2.18. The Morgan fingerprint density at radius 1 is 1.40 bits per heavy atom. The number of nitrogen functional groups attached to an aromatic ring is 1. The van der Waals surface area contributed by atoms with E-state index in [1.165, 1.54) is 24.1 Å². The molecule has 1 rings (SSSR count). The first kappa shape index (κ1) is 12.5. The summed E-state index contributed by atoms with van der Waals surface area (Å²) in [7, 11) is 0. The number of thiophene rings is 1. The van der Waals surface area contributed by atoms with Gasteiger partial charge in [0, 0.05) is 17.1 Å². The van der Waals surface area contributed by atoms with Gasteiger partial charge >= 0.3 is 0 Å². The minimum absolute atomic E-state index is 0.831. The van der Waals surface area contributed by atoms with Crippen LogP contribution >= 0.6 is 11.3 Å². The molecule has 3 N–H and O–H groups in total. The molecular formula is C12H22N2S. The van der Waals surface area contributed by atoms with Gasteiger partial charge in [0.05, 0.1) is 0 Å². The van der Waals surface area contributed by atoms with Crippen molar-refractivity contribution in [3.8, 4) is 0 Å². The first-order valence-electron chi connectivity index (χ1n) is 5.72. The van der Waals surface area contributed by atoms with Crippen LogP contribution in [0.4, 0.5) is 5.69 Å². The van der Waals surface area contributed by atoms with Crippen LogP contribution in [0.2, 0.25) is 0 Å². The molecule has 0 atom stereocenters. The fourth-order valence-corrected chi connectivity index (χ4v) is 2.27. The minimum atomic E-state index is 0.831. The number of hydrogen-bond donors (Lipinski definition) is 2. The zero-order valence-electron chi connectivity index (χ0n) is 9.75. The maximum Gasteiger partial charge on any atom is 0.0468 e. The molecule has 0 spiro atoms. The van der Waals surface area contributed by atoms with Crippen LogP contribution in [0.15, 0.2) is 11.4 Å². The summed E-state index contributed by atoms with van der Waals surface area (Å²) in [6.07, 6.45) is 3.93. The summed E-state index contributed by atoms with van der Waals surface area (Å²) >= 11 is 1.73. The Balaban J connectivity index is 2.00. The van der Waals surface area contributed by atoms with E-state index < -0.39 is 0 Å². The predicted molar refractivity (Wildman–Crippen MR) is 69.1 cm³/mol. The number of anilines is 1. The smallest absolute Gasteiger partial charge is 0.0468 e. The van der Waals surface area contributed by atoms with E-state index in [1.54, 1.807) is 11.3 Å². The van der Waals surface area contributed by atoms with E-state index in [0.29, 0.717) is 0 Å². The molecule has 0 unspecified atom stereocenters. The molecule has 1 aromatic rings. The summed E-state index contributed by atoms with van der Waals surface area (Å²) < 4.78 is 0. The molecule has 0 saturated carbocycles. The van der Waals surface area contributed by atoms with Gasteiger partial charge in [0.25, 0.3) is 0 Å². The number of hydrogen-bond acceptors (Lipinski definition) is 3. The second-order valence-electron chi connectivity index (χ2n) is 4.37. The minimum Gasteiger partial charge on any atom is -0.398 e. The maximum absolute atomic E-state index is 5.79. The lowest BCUT2D eigenvalue weighted by Crippen LogP contribution is -2.14. The van der Waals surface area contributed by atoms with Crippen molar-refractivity contribution in [2.45, 2.75) is 39.7 Å². The first-order valence-corrected chi connectivity index (χ1v) is 6.60. The van der Waals surface area contributed by atoms with Crippen molar-refractivity contribution in [3.05, 3.63) is 16.3 Å². The zero-order valence-corrected chi connectivity index (χ0v) is 10.6. The van der Waals surface area contributed by atoms with Crippen LogP contribution in [-0.2, 0) is 6.54 Å². The third-order valence-electron chi connectivity index (χ3n) is 2.45.